The fraction of sp³-hybridized carbons (Fsp3) is 0.467. The van der Waals surface area contributed by atoms with Crippen LogP contribution in [0.1, 0.15) is 43.0 Å². The number of carbonyl (C=O) groups is 2. The van der Waals surface area contributed by atoms with E-state index >= 15 is 0 Å². The van der Waals surface area contributed by atoms with Gasteiger partial charge in [-0.3, -0.25) is 4.79 Å². The predicted molar refractivity (Wildman–Crippen MR) is 84.6 cm³/mol. The van der Waals surface area contributed by atoms with Crippen LogP contribution in [0.25, 0.3) is 0 Å². The molecule has 114 valence electrons. The molecule has 0 unspecified atom stereocenters. The molecule has 6 heteroatoms. The van der Waals surface area contributed by atoms with E-state index in [1.54, 1.807) is 18.2 Å². The average Bonchev–Trinajstić information content (AvgIpc) is 2.44. The Morgan fingerprint density at radius 3 is 2.52 bits per heavy atom. The SMILES string of the molecule is CC1CCC(NC(=O)c2ccc(Cl)c(Br)c2)(C(=O)O)CC1. The van der Waals surface area contributed by atoms with E-state index < -0.39 is 11.5 Å². The highest BCUT2D eigenvalue weighted by Gasteiger charge is 2.42. The van der Waals surface area contributed by atoms with Gasteiger partial charge in [0.25, 0.3) is 5.91 Å². The lowest BCUT2D eigenvalue weighted by Crippen LogP contribution is -2.56. The van der Waals surface area contributed by atoms with Gasteiger partial charge in [0.15, 0.2) is 0 Å². The van der Waals surface area contributed by atoms with Gasteiger partial charge in [-0.25, -0.2) is 4.79 Å². The highest BCUT2D eigenvalue weighted by Crippen LogP contribution is 2.32. The molecule has 0 saturated heterocycles. The second kappa shape index (κ2) is 6.36. The van der Waals surface area contributed by atoms with Crippen molar-refractivity contribution in [3.8, 4) is 0 Å². The highest BCUT2D eigenvalue weighted by molar-refractivity contribution is 9.10. The predicted octanol–water partition coefficient (Wildman–Crippen LogP) is 3.87. The standard InChI is InChI=1S/C15H17BrClNO3/c1-9-4-6-15(7-5-9,14(20)21)18-13(19)10-2-3-12(17)11(16)8-10/h2-3,8-9H,4-7H2,1H3,(H,18,19)(H,20,21). The number of benzene rings is 1. The minimum Gasteiger partial charge on any atom is -0.480 e. The fourth-order valence-corrected chi connectivity index (χ4v) is 3.07. The lowest BCUT2D eigenvalue weighted by atomic mass is 9.77. The molecular formula is C15H17BrClNO3. The van der Waals surface area contributed by atoms with Gasteiger partial charge < -0.3 is 10.4 Å². The Balaban J connectivity index is 2.19. The zero-order valence-corrected chi connectivity index (χ0v) is 14.0. The minimum atomic E-state index is -1.16. The smallest absolute Gasteiger partial charge is 0.329 e. The van der Waals surface area contributed by atoms with E-state index in [4.69, 9.17) is 11.6 Å². The molecule has 1 fully saturated rings. The maximum absolute atomic E-state index is 12.3. The second-order valence-corrected chi connectivity index (χ2v) is 6.91. The third-order valence-electron chi connectivity index (χ3n) is 4.07. The summed E-state index contributed by atoms with van der Waals surface area (Å²) in [6, 6.07) is 4.79. The number of hydrogen-bond donors (Lipinski definition) is 2. The Morgan fingerprint density at radius 2 is 2.00 bits per heavy atom. The largest absolute Gasteiger partial charge is 0.480 e. The van der Waals surface area contributed by atoms with Crippen LogP contribution in [0.3, 0.4) is 0 Å². The van der Waals surface area contributed by atoms with E-state index in [1.807, 2.05) is 0 Å². The molecule has 1 aromatic carbocycles. The molecule has 1 amide bonds. The number of rotatable bonds is 3. The van der Waals surface area contributed by atoms with E-state index in [9.17, 15) is 14.7 Å². The molecule has 0 bridgehead atoms. The Morgan fingerprint density at radius 1 is 1.38 bits per heavy atom. The molecule has 0 atom stereocenters. The number of halogens is 2. The molecule has 0 heterocycles. The molecule has 1 aliphatic rings. The van der Waals surface area contributed by atoms with Gasteiger partial charge in [0, 0.05) is 10.0 Å². The summed E-state index contributed by atoms with van der Waals surface area (Å²) >= 11 is 9.16. The summed E-state index contributed by atoms with van der Waals surface area (Å²) in [5.41, 5.74) is -0.763. The molecule has 0 aromatic heterocycles. The van der Waals surface area contributed by atoms with Crippen LogP contribution in [0.5, 0.6) is 0 Å². The van der Waals surface area contributed by atoms with Crippen molar-refractivity contribution in [2.45, 2.75) is 38.1 Å². The molecule has 2 N–H and O–H groups in total. The van der Waals surface area contributed by atoms with Gasteiger partial charge >= 0.3 is 5.97 Å². The lowest BCUT2D eigenvalue weighted by Gasteiger charge is -2.36. The van der Waals surface area contributed by atoms with Gasteiger partial charge in [0.1, 0.15) is 5.54 Å². The normalized spacial score (nSPS) is 25.4. The first-order chi connectivity index (χ1) is 9.84. The van der Waals surface area contributed by atoms with Gasteiger partial charge in [-0.15, -0.1) is 0 Å². The number of aliphatic carboxylic acids is 1. The van der Waals surface area contributed by atoms with E-state index in [0.717, 1.165) is 12.8 Å². The van der Waals surface area contributed by atoms with E-state index in [2.05, 4.69) is 28.2 Å². The fourth-order valence-electron chi connectivity index (χ4n) is 2.57. The van der Waals surface area contributed by atoms with Gasteiger partial charge in [0.2, 0.25) is 0 Å². The molecular weight excluding hydrogens is 358 g/mol. The summed E-state index contributed by atoms with van der Waals surface area (Å²) in [5, 5.41) is 12.7. The molecule has 4 nitrogen and oxygen atoms in total. The monoisotopic (exact) mass is 373 g/mol. The molecule has 2 rings (SSSR count). The number of carboxylic acids is 1. The van der Waals surface area contributed by atoms with Crippen LogP contribution in [0.4, 0.5) is 0 Å². The molecule has 1 saturated carbocycles. The summed E-state index contributed by atoms with van der Waals surface area (Å²) in [5.74, 6) is -0.848. The number of carbonyl (C=O) groups excluding carboxylic acids is 1. The van der Waals surface area contributed by atoms with Crippen molar-refractivity contribution in [3.63, 3.8) is 0 Å². The first-order valence-corrected chi connectivity index (χ1v) is 8.02. The number of amides is 1. The summed E-state index contributed by atoms with van der Waals surface area (Å²) in [6.07, 6.45) is 2.53. The lowest BCUT2D eigenvalue weighted by molar-refractivity contribution is -0.146. The van der Waals surface area contributed by atoms with Crippen LogP contribution < -0.4 is 5.32 Å². The average molecular weight is 375 g/mol. The number of hydrogen-bond acceptors (Lipinski definition) is 2. The van der Waals surface area contributed by atoms with Crippen LogP contribution in [-0.2, 0) is 4.79 Å². The maximum Gasteiger partial charge on any atom is 0.329 e. The van der Waals surface area contributed by atoms with Crippen LogP contribution in [-0.4, -0.2) is 22.5 Å². The van der Waals surface area contributed by atoms with E-state index in [1.165, 1.54) is 0 Å². The zero-order chi connectivity index (χ0) is 15.6. The van der Waals surface area contributed by atoms with Crippen LogP contribution in [0, 0.1) is 5.92 Å². The minimum absolute atomic E-state index is 0.385. The van der Waals surface area contributed by atoms with Crippen molar-refractivity contribution in [2.24, 2.45) is 5.92 Å². The Kier molecular flexibility index (Phi) is 4.94. The Hall–Kier alpha value is -1.07. The molecule has 0 radical (unpaired) electrons. The molecule has 1 aromatic rings. The molecule has 1 aliphatic carbocycles. The number of nitrogens with one attached hydrogen (secondary N) is 1. The van der Waals surface area contributed by atoms with Gasteiger partial charge in [-0.05, 0) is 65.7 Å². The Labute approximate surface area is 137 Å². The summed E-state index contributed by atoms with van der Waals surface area (Å²) in [6.45, 7) is 2.10. The van der Waals surface area contributed by atoms with Crippen molar-refractivity contribution in [1.82, 2.24) is 5.32 Å². The van der Waals surface area contributed by atoms with Gasteiger partial charge in [0.05, 0.1) is 5.02 Å². The van der Waals surface area contributed by atoms with E-state index in [-0.39, 0.29) is 5.91 Å². The molecule has 0 spiro atoms. The third kappa shape index (κ3) is 3.58. The topological polar surface area (TPSA) is 66.4 Å². The first-order valence-electron chi connectivity index (χ1n) is 6.85. The van der Waals surface area contributed by atoms with Crippen molar-refractivity contribution < 1.29 is 14.7 Å². The molecule has 21 heavy (non-hydrogen) atoms. The molecule has 0 aliphatic heterocycles. The second-order valence-electron chi connectivity index (χ2n) is 5.65. The van der Waals surface area contributed by atoms with E-state index in [0.29, 0.717) is 33.8 Å². The zero-order valence-electron chi connectivity index (χ0n) is 11.7. The Bertz CT molecular complexity index is 568. The summed E-state index contributed by atoms with van der Waals surface area (Å²) in [7, 11) is 0. The third-order valence-corrected chi connectivity index (χ3v) is 5.29. The number of carboxylic acid groups (broad SMARTS) is 1. The van der Waals surface area contributed by atoms with Crippen molar-refractivity contribution in [2.75, 3.05) is 0 Å². The van der Waals surface area contributed by atoms with Crippen LogP contribution in [0.2, 0.25) is 5.02 Å². The first kappa shape index (κ1) is 16.3. The van der Waals surface area contributed by atoms with Crippen LogP contribution >= 0.6 is 27.5 Å². The van der Waals surface area contributed by atoms with Crippen molar-refractivity contribution in [1.29, 1.82) is 0 Å². The van der Waals surface area contributed by atoms with Crippen LogP contribution in [0.15, 0.2) is 22.7 Å². The van der Waals surface area contributed by atoms with Gasteiger partial charge in [-0.1, -0.05) is 18.5 Å². The van der Waals surface area contributed by atoms with Crippen molar-refractivity contribution >= 4 is 39.4 Å². The summed E-state index contributed by atoms with van der Waals surface area (Å²) in [4.78, 5) is 24.0. The highest BCUT2D eigenvalue weighted by atomic mass is 79.9. The summed E-state index contributed by atoms with van der Waals surface area (Å²) < 4.78 is 0.610. The van der Waals surface area contributed by atoms with Crippen molar-refractivity contribution in [3.05, 3.63) is 33.3 Å². The quantitative estimate of drug-likeness (QED) is 0.844. The van der Waals surface area contributed by atoms with Gasteiger partial charge in [-0.2, -0.15) is 0 Å². The maximum atomic E-state index is 12.3.